The fourth-order valence-corrected chi connectivity index (χ4v) is 2.61. The molecule has 0 spiro atoms. The highest BCUT2D eigenvalue weighted by Gasteiger charge is 2.13. The maximum Gasteiger partial charge on any atom is 0.251 e. The maximum absolute atomic E-state index is 13.7. The van der Waals surface area contributed by atoms with Gasteiger partial charge in [0.1, 0.15) is 0 Å². The highest BCUT2D eigenvalue weighted by molar-refractivity contribution is 9.10. The van der Waals surface area contributed by atoms with Gasteiger partial charge in [0.05, 0.1) is 13.2 Å². The number of amides is 2. The number of nitrogens with one attached hydrogen (secondary N) is 2. The summed E-state index contributed by atoms with van der Waals surface area (Å²) in [4.78, 5) is 24.0. The lowest BCUT2D eigenvalue weighted by Crippen LogP contribution is -2.32. The van der Waals surface area contributed by atoms with Crippen molar-refractivity contribution in [3.8, 4) is 5.75 Å². The van der Waals surface area contributed by atoms with Gasteiger partial charge >= 0.3 is 0 Å². The summed E-state index contributed by atoms with van der Waals surface area (Å²) in [6.45, 7) is 1.98. The molecule has 0 saturated heterocycles. The summed E-state index contributed by atoms with van der Waals surface area (Å²) in [5, 5.41) is 5.47. The van der Waals surface area contributed by atoms with Gasteiger partial charge < -0.3 is 15.4 Å². The number of methoxy groups -OCH3 is 1. The Morgan fingerprint density at radius 1 is 1.19 bits per heavy atom. The van der Waals surface area contributed by atoms with E-state index in [1.807, 2.05) is 0 Å². The van der Waals surface area contributed by atoms with Gasteiger partial charge in [0.25, 0.3) is 5.91 Å². The molecular formula is C19H20BrFN2O3. The molecule has 0 heterocycles. The SMILES string of the molecule is COc1ccc(C(C)NC(=O)CCNC(=O)c2ccc(Br)cc2)cc1F. The monoisotopic (exact) mass is 422 g/mol. The molecule has 0 aliphatic rings. The summed E-state index contributed by atoms with van der Waals surface area (Å²) in [6.07, 6.45) is 0.130. The number of carbonyl (C=O) groups is 2. The summed E-state index contributed by atoms with van der Waals surface area (Å²) in [5.41, 5.74) is 1.16. The van der Waals surface area contributed by atoms with E-state index >= 15 is 0 Å². The van der Waals surface area contributed by atoms with Crippen LogP contribution in [0.5, 0.6) is 5.75 Å². The molecular weight excluding hydrogens is 403 g/mol. The van der Waals surface area contributed by atoms with Crippen molar-refractivity contribution in [2.45, 2.75) is 19.4 Å². The van der Waals surface area contributed by atoms with E-state index in [-0.39, 0.29) is 36.6 Å². The first-order chi connectivity index (χ1) is 12.4. The van der Waals surface area contributed by atoms with Gasteiger partial charge in [0, 0.05) is 23.0 Å². The van der Waals surface area contributed by atoms with Crippen molar-refractivity contribution in [3.05, 3.63) is 63.9 Å². The molecule has 1 atom stereocenters. The van der Waals surface area contributed by atoms with Crippen molar-refractivity contribution in [1.82, 2.24) is 10.6 Å². The first kappa shape index (κ1) is 19.9. The van der Waals surface area contributed by atoms with Gasteiger partial charge in [0.15, 0.2) is 11.6 Å². The van der Waals surface area contributed by atoms with Gasteiger partial charge in [-0.25, -0.2) is 4.39 Å². The molecule has 0 aliphatic carbocycles. The Morgan fingerprint density at radius 3 is 2.50 bits per heavy atom. The third-order valence-electron chi connectivity index (χ3n) is 3.80. The van der Waals surface area contributed by atoms with Gasteiger partial charge in [-0.3, -0.25) is 9.59 Å². The molecule has 2 rings (SSSR count). The standard InChI is InChI=1S/C19H20BrFN2O3/c1-12(14-5-8-17(26-2)16(21)11-14)23-18(24)9-10-22-19(25)13-3-6-15(20)7-4-13/h3-8,11-12H,9-10H2,1-2H3,(H,22,25)(H,23,24). The zero-order valence-electron chi connectivity index (χ0n) is 14.5. The predicted octanol–water partition coefficient (Wildman–Crippen LogP) is 3.59. The molecule has 7 heteroatoms. The van der Waals surface area contributed by atoms with Crippen LogP contribution in [-0.4, -0.2) is 25.5 Å². The lowest BCUT2D eigenvalue weighted by molar-refractivity contribution is -0.121. The van der Waals surface area contributed by atoms with E-state index in [9.17, 15) is 14.0 Å². The van der Waals surface area contributed by atoms with Gasteiger partial charge in [-0.05, 0) is 48.9 Å². The zero-order valence-corrected chi connectivity index (χ0v) is 16.1. The summed E-state index contributed by atoms with van der Waals surface area (Å²) in [7, 11) is 1.39. The van der Waals surface area contributed by atoms with E-state index < -0.39 is 5.82 Å². The molecule has 26 heavy (non-hydrogen) atoms. The molecule has 0 saturated carbocycles. The first-order valence-corrected chi connectivity index (χ1v) is 8.86. The van der Waals surface area contributed by atoms with Crippen molar-refractivity contribution in [2.24, 2.45) is 0 Å². The van der Waals surface area contributed by atoms with E-state index in [4.69, 9.17) is 4.74 Å². The zero-order chi connectivity index (χ0) is 19.1. The van der Waals surface area contributed by atoms with Crippen LogP contribution in [0.1, 0.15) is 35.3 Å². The number of carbonyl (C=O) groups excluding carboxylic acids is 2. The number of hydrogen-bond donors (Lipinski definition) is 2. The Bertz CT molecular complexity index is 781. The van der Waals surface area contributed by atoms with E-state index in [1.54, 1.807) is 37.3 Å². The molecule has 2 aromatic carbocycles. The fraction of sp³-hybridized carbons (Fsp3) is 0.263. The third kappa shape index (κ3) is 5.56. The maximum atomic E-state index is 13.7. The number of ether oxygens (including phenoxy) is 1. The van der Waals surface area contributed by atoms with Crippen LogP contribution in [0.3, 0.4) is 0 Å². The minimum atomic E-state index is -0.479. The van der Waals surface area contributed by atoms with Crippen LogP contribution < -0.4 is 15.4 Å². The Morgan fingerprint density at radius 2 is 1.88 bits per heavy atom. The lowest BCUT2D eigenvalue weighted by Gasteiger charge is -2.15. The summed E-state index contributed by atoms with van der Waals surface area (Å²) in [5.74, 6) is -0.795. The molecule has 0 fully saturated rings. The smallest absolute Gasteiger partial charge is 0.251 e. The lowest BCUT2D eigenvalue weighted by atomic mass is 10.1. The quantitative estimate of drug-likeness (QED) is 0.716. The van der Waals surface area contributed by atoms with E-state index in [0.717, 1.165) is 4.47 Å². The van der Waals surface area contributed by atoms with Gasteiger partial charge in [0.2, 0.25) is 5.91 Å². The largest absolute Gasteiger partial charge is 0.494 e. The average molecular weight is 423 g/mol. The van der Waals surface area contributed by atoms with E-state index in [2.05, 4.69) is 26.6 Å². The van der Waals surface area contributed by atoms with Crippen molar-refractivity contribution in [3.63, 3.8) is 0 Å². The summed E-state index contributed by atoms with van der Waals surface area (Å²) >= 11 is 3.31. The summed E-state index contributed by atoms with van der Waals surface area (Å²) < 4.78 is 19.5. The van der Waals surface area contributed by atoms with Crippen LogP contribution in [0.4, 0.5) is 4.39 Å². The molecule has 0 aromatic heterocycles. The average Bonchev–Trinajstić information content (AvgIpc) is 2.62. The van der Waals surface area contributed by atoms with Crippen LogP contribution in [0.15, 0.2) is 46.9 Å². The van der Waals surface area contributed by atoms with E-state index in [0.29, 0.717) is 11.1 Å². The molecule has 0 aliphatic heterocycles. The number of benzene rings is 2. The first-order valence-electron chi connectivity index (χ1n) is 8.07. The molecule has 2 N–H and O–H groups in total. The molecule has 0 bridgehead atoms. The summed E-state index contributed by atoms with van der Waals surface area (Å²) in [6, 6.07) is 11.1. The second-order valence-corrected chi connectivity index (χ2v) is 6.61. The van der Waals surface area contributed by atoms with Crippen molar-refractivity contribution in [2.75, 3.05) is 13.7 Å². The number of hydrogen-bond acceptors (Lipinski definition) is 3. The highest BCUT2D eigenvalue weighted by Crippen LogP contribution is 2.21. The molecule has 5 nitrogen and oxygen atoms in total. The topological polar surface area (TPSA) is 67.4 Å². The Kier molecular flexibility index (Phi) is 7.15. The molecule has 1 unspecified atom stereocenters. The Labute approximate surface area is 160 Å². The molecule has 0 radical (unpaired) electrons. The highest BCUT2D eigenvalue weighted by atomic mass is 79.9. The van der Waals surface area contributed by atoms with Crippen LogP contribution in [-0.2, 0) is 4.79 Å². The van der Waals surface area contributed by atoms with Crippen LogP contribution in [0, 0.1) is 5.82 Å². The van der Waals surface area contributed by atoms with Crippen molar-refractivity contribution < 1.29 is 18.7 Å². The number of halogens is 2. The van der Waals surface area contributed by atoms with Crippen LogP contribution in [0.25, 0.3) is 0 Å². The van der Waals surface area contributed by atoms with Crippen LogP contribution in [0.2, 0.25) is 0 Å². The second kappa shape index (κ2) is 9.33. The van der Waals surface area contributed by atoms with Crippen LogP contribution >= 0.6 is 15.9 Å². The van der Waals surface area contributed by atoms with Gasteiger partial charge in [-0.2, -0.15) is 0 Å². The van der Waals surface area contributed by atoms with Gasteiger partial charge in [-0.1, -0.05) is 22.0 Å². The minimum absolute atomic E-state index is 0.130. The number of rotatable bonds is 7. The molecule has 2 aromatic rings. The third-order valence-corrected chi connectivity index (χ3v) is 4.33. The molecule has 2 amide bonds. The Balaban J connectivity index is 1.80. The van der Waals surface area contributed by atoms with Crippen molar-refractivity contribution >= 4 is 27.7 Å². The minimum Gasteiger partial charge on any atom is -0.494 e. The van der Waals surface area contributed by atoms with E-state index in [1.165, 1.54) is 19.2 Å². The predicted molar refractivity (Wildman–Crippen MR) is 101 cm³/mol. The Hall–Kier alpha value is -2.41. The second-order valence-electron chi connectivity index (χ2n) is 5.70. The normalized spacial score (nSPS) is 11.5. The van der Waals surface area contributed by atoms with Crippen molar-refractivity contribution in [1.29, 1.82) is 0 Å². The van der Waals surface area contributed by atoms with Gasteiger partial charge in [-0.15, -0.1) is 0 Å². The molecule has 138 valence electrons. The fourth-order valence-electron chi connectivity index (χ4n) is 2.34.